The van der Waals surface area contributed by atoms with Crippen LogP contribution in [0, 0.1) is 13.8 Å². The predicted molar refractivity (Wildman–Crippen MR) is 116 cm³/mol. The van der Waals surface area contributed by atoms with E-state index in [1.807, 2.05) is 13.8 Å². The highest BCUT2D eigenvalue weighted by molar-refractivity contribution is 6.35. The van der Waals surface area contributed by atoms with Crippen molar-refractivity contribution in [2.45, 2.75) is 13.8 Å². The summed E-state index contributed by atoms with van der Waals surface area (Å²) >= 11 is 11.8. The van der Waals surface area contributed by atoms with Gasteiger partial charge in [-0.1, -0.05) is 23.2 Å². The second kappa shape index (κ2) is 9.73. The summed E-state index contributed by atoms with van der Waals surface area (Å²) in [7, 11) is 0. The lowest BCUT2D eigenvalue weighted by atomic mass is 10.1. The van der Waals surface area contributed by atoms with Crippen LogP contribution in [0.4, 0.5) is 0 Å². The van der Waals surface area contributed by atoms with Gasteiger partial charge in [-0.05, 0) is 50.2 Å². The molecule has 0 spiro atoms. The van der Waals surface area contributed by atoms with E-state index in [0.29, 0.717) is 26.9 Å². The number of nitrogens with zero attached hydrogens (tertiary/aromatic N) is 2. The lowest BCUT2D eigenvalue weighted by molar-refractivity contribution is -0.123. The largest absolute Gasteiger partial charge is 0.482 e. The molecule has 9 heteroatoms. The third-order valence-corrected chi connectivity index (χ3v) is 4.85. The minimum atomic E-state index is -0.331. The van der Waals surface area contributed by atoms with Crippen LogP contribution in [0.25, 0.3) is 11.0 Å². The maximum atomic E-state index is 12.3. The smallest absolute Gasteiger partial charge is 0.258 e. The van der Waals surface area contributed by atoms with Crippen LogP contribution in [0.3, 0.4) is 0 Å². The van der Waals surface area contributed by atoms with E-state index in [0.717, 1.165) is 16.9 Å². The van der Waals surface area contributed by atoms with Crippen molar-refractivity contribution in [1.29, 1.82) is 0 Å². The number of carbonyl (C=O) groups excluding carboxylic acids is 2. The van der Waals surface area contributed by atoms with Gasteiger partial charge in [-0.15, -0.1) is 0 Å². The highest BCUT2D eigenvalue weighted by Gasteiger charge is 2.10. The number of aromatic nitrogens is 2. The van der Waals surface area contributed by atoms with E-state index in [4.69, 9.17) is 27.9 Å². The maximum Gasteiger partial charge on any atom is 0.258 e. The van der Waals surface area contributed by atoms with Crippen molar-refractivity contribution in [3.63, 3.8) is 0 Å². The molecule has 0 fully saturated rings. The SMILES string of the molecule is Cc1nc2ccc(C(=O)NCCNC(=O)COc3ccc(Cl)cc3Cl)cc2nc1C. The van der Waals surface area contributed by atoms with Gasteiger partial charge in [-0.25, -0.2) is 9.97 Å². The summed E-state index contributed by atoms with van der Waals surface area (Å²) < 4.78 is 5.36. The molecule has 0 radical (unpaired) electrons. The number of benzene rings is 2. The van der Waals surface area contributed by atoms with Crippen LogP contribution in [0.15, 0.2) is 36.4 Å². The van der Waals surface area contributed by atoms with Crippen molar-refractivity contribution in [2.75, 3.05) is 19.7 Å². The summed E-state index contributed by atoms with van der Waals surface area (Å²) in [6.45, 7) is 4.10. The maximum absolute atomic E-state index is 12.3. The van der Waals surface area contributed by atoms with Crippen LogP contribution in [-0.4, -0.2) is 41.5 Å². The molecule has 2 N–H and O–H groups in total. The van der Waals surface area contributed by atoms with Gasteiger partial charge < -0.3 is 15.4 Å². The average molecular weight is 447 g/mol. The van der Waals surface area contributed by atoms with Gasteiger partial charge in [0.2, 0.25) is 0 Å². The highest BCUT2D eigenvalue weighted by Crippen LogP contribution is 2.27. The van der Waals surface area contributed by atoms with Gasteiger partial charge in [-0.2, -0.15) is 0 Å². The molecule has 0 saturated carbocycles. The Bertz CT molecular complexity index is 1110. The van der Waals surface area contributed by atoms with Gasteiger partial charge in [0.1, 0.15) is 5.75 Å². The molecule has 1 aromatic heterocycles. The molecule has 0 aliphatic rings. The Hall–Kier alpha value is -2.90. The predicted octanol–water partition coefficient (Wildman–Crippen LogP) is 3.48. The quantitative estimate of drug-likeness (QED) is 0.541. The molecule has 156 valence electrons. The van der Waals surface area contributed by atoms with Gasteiger partial charge in [0, 0.05) is 23.7 Å². The van der Waals surface area contributed by atoms with Crippen molar-refractivity contribution in [3.05, 3.63) is 63.4 Å². The Morgan fingerprint density at radius 3 is 2.37 bits per heavy atom. The number of hydrogen-bond donors (Lipinski definition) is 2. The number of ether oxygens (including phenoxy) is 1. The molecule has 2 amide bonds. The second-order valence-electron chi connectivity index (χ2n) is 6.57. The monoisotopic (exact) mass is 446 g/mol. The molecule has 30 heavy (non-hydrogen) atoms. The lowest BCUT2D eigenvalue weighted by Gasteiger charge is -2.10. The van der Waals surface area contributed by atoms with E-state index in [-0.39, 0.29) is 31.5 Å². The van der Waals surface area contributed by atoms with Gasteiger partial charge in [0.15, 0.2) is 6.61 Å². The summed E-state index contributed by atoms with van der Waals surface area (Å²) in [6.07, 6.45) is 0. The van der Waals surface area contributed by atoms with Crippen LogP contribution in [0.1, 0.15) is 21.7 Å². The van der Waals surface area contributed by atoms with E-state index in [9.17, 15) is 9.59 Å². The van der Waals surface area contributed by atoms with Gasteiger partial charge in [0.25, 0.3) is 11.8 Å². The number of amides is 2. The summed E-state index contributed by atoms with van der Waals surface area (Å²) in [5.41, 5.74) is 3.56. The first-order chi connectivity index (χ1) is 14.3. The number of rotatable bonds is 7. The molecule has 0 unspecified atom stereocenters. The Morgan fingerprint density at radius 1 is 0.933 bits per heavy atom. The van der Waals surface area contributed by atoms with Crippen LogP contribution < -0.4 is 15.4 Å². The normalized spacial score (nSPS) is 10.7. The van der Waals surface area contributed by atoms with Crippen LogP contribution in [0.2, 0.25) is 10.0 Å². The summed E-state index contributed by atoms with van der Waals surface area (Å²) in [6, 6.07) is 9.92. The van der Waals surface area contributed by atoms with Gasteiger partial charge in [-0.3, -0.25) is 9.59 Å². The third kappa shape index (κ3) is 5.58. The average Bonchev–Trinajstić information content (AvgIpc) is 2.71. The van der Waals surface area contributed by atoms with Crippen molar-refractivity contribution in [2.24, 2.45) is 0 Å². The minimum Gasteiger partial charge on any atom is -0.482 e. The number of carbonyl (C=O) groups is 2. The fraction of sp³-hybridized carbons (Fsp3) is 0.238. The third-order valence-electron chi connectivity index (χ3n) is 4.32. The minimum absolute atomic E-state index is 0.197. The molecule has 0 atom stereocenters. The van der Waals surface area contributed by atoms with E-state index in [2.05, 4.69) is 20.6 Å². The Morgan fingerprint density at radius 2 is 1.63 bits per heavy atom. The standard InChI is InChI=1S/C21H20Cl2N4O3/c1-12-13(2)27-18-9-14(3-5-17(18)26-12)21(29)25-8-7-24-20(28)11-30-19-6-4-15(22)10-16(19)23/h3-6,9-10H,7-8,11H2,1-2H3,(H,24,28)(H,25,29). The zero-order valence-electron chi connectivity index (χ0n) is 16.5. The first-order valence-corrected chi connectivity index (χ1v) is 9.97. The van der Waals surface area contributed by atoms with Crippen molar-refractivity contribution in [3.8, 4) is 5.75 Å². The molecule has 0 aliphatic heterocycles. The first kappa shape index (κ1) is 21.8. The summed E-state index contributed by atoms with van der Waals surface area (Å²) in [5, 5.41) is 6.23. The molecular formula is C21H20Cl2N4O3. The Balaban J connectivity index is 1.44. The van der Waals surface area contributed by atoms with Crippen molar-refractivity contribution < 1.29 is 14.3 Å². The molecule has 0 saturated heterocycles. The number of hydrogen-bond acceptors (Lipinski definition) is 5. The van der Waals surface area contributed by atoms with Crippen molar-refractivity contribution in [1.82, 2.24) is 20.6 Å². The van der Waals surface area contributed by atoms with Crippen LogP contribution >= 0.6 is 23.2 Å². The van der Waals surface area contributed by atoms with Crippen LogP contribution in [-0.2, 0) is 4.79 Å². The Kier molecular flexibility index (Phi) is 7.07. The summed E-state index contributed by atoms with van der Waals surface area (Å²) in [5.74, 6) is -0.216. The fourth-order valence-corrected chi connectivity index (χ4v) is 3.10. The number of nitrogens with one attached hydrogen (secondary N) is 2. The van der Waals surface area contributed by atoms with Gasteiger partial charge in [0.05, 0.1) is 27.4 Å². The number of halogens is 2. The molecule has 0 aliphatic carbocycles. The molecule has 0 bridgehead atoms. The van der Waals surface area contributed by atoms with E-state index < -0.39 is 0 Å². The zero-order chi connectivity index (χ0) is 21.7. The fourth-order valence-electron chi connectivity index (χ4n) is 2.64. The molecule has 3 rings (SSSR count). The topological polar surface area (TPSA) is 93.2 Å². The van der Waals surface area contributed by atoms with E-state index >= 15 is 0 Å². The van der Waals surface area contributed by atoms with Gasteiger partial charge >= 0.3 is 0 Å². The Labute approximate surface area is 183 Å². The number of aryl methyl sites for hydroxylation is 2. The summed E-state index contributed by atoms with van der Waals surface area (Å²) in [4.78, 5) is 33.1. The second-order valence-corrected chi connectivity index (χ2v) is 7.41. The molecule has 7 nitrogen and oxygen atoms in total. The first-order valence-electron chi connectivity index (χ1n) is 9.21. The molecule has 2 aromatic carbocycles. The van der Waals surface area contributed by atoms with Crippen LogP contribution in [0.5, 0.6) is 5.75 Å². The van der Waals surface area contributed by atoms with Crippen molar-refractivity contribution >= 4 is 46.0 Å². The molecule has 3 aromatic rings. The number of fused-ring (bicyclic) bond motifs is 1. The molecular weight excluding hydrogens is 427 g/mol. The molecule has 1 heterocycles. The lowest BCUT2D eigenvalue weighted by Crippen LogP contribution is -2.36. The highest BCUT2D eigenvalue weighted by atomic mass is 35.5. The van der Waals surface area contributed by atoms with E-state index in [1.165, 1.54) is 6.07 Å². The zero-order valence-corrected chi connectivity index (χ0v) is 18.0. The van der Waals surface area contributed by atoms with E-state index in [1.54, 1.807) is 30.3 Å².